The Hall–Kier alpha value is -3.35. The standard InChI is InChI=1S/C23H26N2O5/c1-4-16-6-8-18(9-7-16)25-13-17(12-22(25)27)23(28)30-14-21(26)24-19-11-15(2)5-10-20(19)29-3/h5-11,17H,4,12-14H2,1-3H3,(H,24,26)/t17-/m1/s1. The van der Waals surface area contributed by atoms with E-state index in [1.54, 1.807) is 17.0 Å². The van der Waals surface area contributed by atoms with Crippen molar-refractivity contribution in [1.82, 2.24) is 0 Å². The molecule has 0 saturated carbocycles. The zero-order valence-electron chi connectivity index (χ0n) is 17.4. The normalized spacial score (nSPS) is 15.8. The predicted molar refractivity (Wildman–Crippen MR) is 114 cm³/mol. The summed E-state index contributed by atoms with van der Waals surface area (Å²) < 4.78 is 10.4. The molecule has 1 atom stereocenters. The molecule has 0 bridgehead atoms. The lowest BCUT2D eigenvalue weighted by atomic mass is 10.1. The van der Waals surface area contributed by atoms with E-state index < -0.39 is 24.4 Å². The molecule has 2 amide bonds. The summed E-state index contributed by atoms with van der Waals surface area (Å²) in [6.45, 7) is 3.78. The smallest absolute Gasteiger partial charge is 0.311 e. The van der Waals surface area contributed by atoms with Gasteiger partial charge < -0.3 is 19.7 Å². The van der Waals surface area contributed by atoms with Crippen LogP contribution >= 0.6 is 0 Å². The van der Waals surface area contributed by atoms with Crippen molar-refractivity contribution in [3.63, 3.8) is 0 Å². The summed E-state index contributed by atoms with van der Waals surface area (Å²) in [4.78, 5) is 38.5. The number of amides is 2. The summed E-state index contributed by atoms with van der Waals surface area (Å²) in [7, 11) is 1.51. The number of aryl methyl sites for hydroxylation is 2. The minimum absolute atomic E-state index is 0.0711. The molecule has 0 spiro atoms. The van der Waals surface area contributed by atoms with Gasteiger partial charge in [0.1, 0.15) is 5.75 Å². The number of methoxy groups -OCH3 is 1. The van der Waals surface area contributed by atoms with Crippen LogP contribution in [-0.4, -0.2) is 38.0 Å². The van der Waals surface area contributed by atoms with Crippen LogP contribution in [0.1, 0.15) is 24.5 Å². The van der Waals surface area contributed by atoms with E-state index in [0.717, 1.165) is 17.7 Å². The van der Waals surface area contributed by atoms with Gasteiger partial charge in [-0.15, -0.1) is 0 Å². The first kappa shape index (κ1) is 21.4. The number of carbonyl (C=O) groups excluding carboxylic acids is 3. The van der Waals surface area contributed by atoms with E-state index in [9.17, 15) is 14.4 Å². The number of nitrogens with one attached hydrogen (secondary N) is 1. The number of rotatable bonds is 7. The first-order valence-corrected chi connectivity index (χ1v) is 9.91. The van der Waals surface area contributed by atoms with Crippen LogP contribution in [0.2, 0.25) is 0 Å². The first-order chi connectivity index (χ1) is 14.4. The molecule has 1 N–H and O–H groups in total. The van der Waals surface area contributed by atoms with Crippen LogP contribution in [-0.2, 0) is 25.5 Å². The molecule has 7 heteroatoms. The van der Waals surface area contributed by atoms with Crippen LogP contribution < -0.4 is 15.0 Å². The van der Waals surface area contributed by atoms with E-state index in [1.165, 1.54) is 12.7 Å². The summed E-state index contributed by atoms with van der Waals surface area (Å²) in [5.74, 6) is -1.22. The zero-order chi connectivity index (χ0) is 21.7. The van der Waals surface area contributed by atoms with E-state index in [1.807, 2.05) is 37.3 Å². The van der Waals surface area contributed by atoms with Crippen molar-refractivity contribution >= 4 is 29.2 Å². The minimum atomic E-state index is -0.593. The van der Waals surface area contributed by atoms with Crippen molar-refractivity contribution in [1.29, 1.82) is 0 Å². The summed E-state index contributed by atoms with van der Waals surface area (Å²) in [6.07, 6.45) is 0.987. The van der Waals surface area contributed by atoms with Gasteiger partial charge in [0.15, 0.2) is 6.61 Å². The highest BCUT2D eigenvalue weighted by Crippen LogP contribution is 2.27. The molecule has 1 fully saturated rings. The molecule has 1 saturated heterocycles. The number of esters is 1. The van der Waals surface area contributed by atoms with Crippen molar-refractivity contribution in [3.8, 4) is 5.75 Å². The molecular weight excluding hydrogens is 384 g/mol. The van der Waals surface area contributed by atoms with Gasteiger partial charge in [-0.1, -0.05) is 25.1 Å². The molecular formula is C23H26N2O5. The van der Waals surface area contributed by atoms with E-state index in [4.69, 9.17) is 9.47 Å². The van der Waals surface area contributed by atoms with E-state index in [2.05, 4.69) is 12.2 Å². The fraction of sp³-hybridized carbons (Fsp3) is 0.348. The Morgan fingerprint density at radius 3 is 2.57 bits per heavy atom. The fourth-order valence-electron chi connectivity index (χ4n) is 3.39. The van der Waals surface area contributed by atoms with Gasteiger partial charge in [0.25, 0.3) is 5.91 Å². The molecule has 0 aliphatic carbocycles. The molecule has 1 aliphatic rings. The van der Waals surface area contributed by atoms with Crippen LogP contribution in [0.3, 0.4) is 0 Å². The lowest BCUT2D eigenvalue weighted by Gasteiger charge is -2.17. The molecule has 2 aromatic carbocycles. The van der Waals surface area contributed by atoms with Crippen molar-refractivity contribution in [2.24, 2.45) is 5.92 Å². The van der Waals surface area contributed by atoms with Crippen molar-refractivity contribution < 1.29 is 23.9 Å². The third-order valence-electron chi connectivity index (χ3n) is 5.09. The van der Waals surface area contributed by atoms with Gasteiger partial charge in [-0.25, -0.2) is 0 Å². The number of benzene rings is 2. The van der Waals surface area contributed by atoms with Gasteiger partial charge in [-0.2, -0.15) is 0 Å². The molecule has 30 heavy (non-hydrogen) atoms. The fourth-order valence-corrected chi connectivity index (χ4v) is 3.39. The Labute approximate surface area is 176 Å². The van der Waals surface area contributed by atoms with Gasteiger partial charge in [0.2, 0.25) is 5.91 Å². The van der Waals surface area contributed by atoms with Gasteiger partial charge in [0.05, 0.1) is 18.7 Å². The Morgan fingerprint density at radius 2 is 1.90 bits per heavy atom. The number of ether oxygens (including phenoxy) is 2. The van der Waals surface area contributed by atoms with E-state index >= 15 is 0 Å². The van der Waals surface area contributed by atoms with Crippen molar-refractivity contribution in [2.75, 3.05) is 30.5 Å². The van der Waals surface area contributed by atoms with E-state index in [-0.39, 0.29) is 18.9 Å². The summed E-state index contributed by atoms with van der Waals surface area (Å²) in [5, 5.41) is 2.68. The second-order valence-corrected chi connectivity index (χ2v) is 7.29. The quantitative estimate of drug-likeness (QED) is 0.709. The topological polar surface area (TPSA) is 84.9 Å². The largest absolute Gasteiger partial charge is 0.495 e. The molecule has 2 aromatic rings. The Kier molecular flexibility index (Phi) is 6.72. The molecule has 1 heterocycles. The Bertz CT molecular complexity index is 939. The third kappa shape index (κ3) is 4.97. The summed E-state index contributed by atoms with van der Waals surface area (Å²) >= 11 is 0. The van der Waals surface area contributed by atoms with Gasteiger partial charge in [-0.3, -0.25) is 14.4 Å². The van der Waals surface area contributed by atoms with Gasteiger partial charge in [-0.05, 0) is 48.7 Å². The average molecular weight is 410 g/mol. The molecule has 158 valence electrons. The van der Waals surface area contributed by atoms with E-state index in [0.29, 0.717) is 11.4 Å². The molecule has 7 nitrogen and oxygen atoms in total. The lowest BCUT2D eigenvalue weighted by molar-refractivity contribution is -0.151. The molecule has 0 aromatic heterocycles. The number of hydrogen-bond acceptors (Lipinski definition) is 5. The maximum absolute atomic E-state index is 12.4. The molecule has 0 radical (unpaired) electrons. The van der Waals surface area contributed by atoms with Crippen LogP contribution in [0.4, 0.5) is 11.4 Å². The number of anilines is 2. The zero-order valence-corrected chi connectivity index (χ0v) is 17.4. The molecule has 1 aliphatic heterocycles. The number of nitrogens with zero attached hydrogens (tertiary/aromatic N) is 1. The Morgan fingerprint density at radius 1 is 1.17 bits per heavy atom. The van der Waals surface area contributed by atoms with Crippen LogP contribution in [0.25, 0.3) is 0 Å². The monoisotopic (exact) mass is 410 g/mol. The highest BCUT2D eigenvalue weighted by molar-refractivity contribution is 6.00. The number of hydrogen-bond donors (Lipinski definition) is 1. The van der Waals surface area contributed by atoms with Crippen LogP contribution in [0.5, 0.6) is 5.75 Å². The Balaban J connectivity index is 1.54. The second-order valence-electron chi connectivity index (χ2n) is 7.29. The van der Waals surface area contributed by atoms with Crippen LogP contribution in [0, 0.1) is 12.8 Å². The highest BCUT2D eigenvalue weighted by atomic mass is 16.5. The maximum atomic E-state index is 12.4. The molecule has 3 rings (SSSR count). The van der Waals surface area contributed by atoms with Gasteiger partial charge in [0, 0.05) is 18.7 Å². The first-order valence-electron chi connectivity index (χ1n) is 9.91. The highest BCUT2D eigenvalue weighted by Gasteiger charge is 2.36. The van der Waals surface area contributed by atoms with Crippen molar-refractivity contribution in [3.05, 3.63) is 53.6 Å². The predicted octanol–water partition coefficient (Wildman–Crippen LogP) is 3.10. The van der Waals surface area contributed by atoms with Gasteiger partial charge >= 0.3 is 5.97 Å². The summed E-state index contributed by atoms with van der Waals surface area (Å²) in [5.41, 5.74) is 3.41. The second kappa shape index (κ2) is 9.43. The van der Waals surface area contributed by atoms with Crippen molar-refractivity contribution in [2.45, 2.75) is 26.7 Å². The maximum Gasteiger partial charge on any atom is 0.311 e. The average Bonchev–Trinajstić information content (AvgIpc) is 3.14. The lowest BCUT2D eigenvalue weighted by Crippen LogP contribution is -2.28. The number of carbonyl (C=O) groups is 3. The summed E-state index contributed by atoms with van der Waals surface area (Å²) in [6, 6.07) is 13.1. The third-order valence-corrected chi connectivity index (χ3v) is 5.09. The van der Waals surface area contributed by atoms with Crippen LogP contribution in [0.15, 0.2) is 42.5 Å². The SMILES string of the molecule is CCc1ccc(N2C[C@H](C(=O)OCC(=O)Nc3cc(C)ccc3OC)CC2=O)cc1. The molecule has 0 unspecified atom stereocenters. The minimum Gasteiger partial charge on any atom is -0.495 e.